The lowest BCUT2D eigenvalue weighted by atomic mass is 9.45. The van der Waals surface area contributed by atoms with Crippen molar-refractivity contribution in [2.75, 3.05) is 6.61 Å². The maximum absolute atomic E-state index is 10.9. The Kier molecular flexibility index (Phi) is 5.60. The molecule has 0 aromatic rings. The molecule has 27 heavy (non-hydrogen) atoms. The first kappa shape index (κ1) is 20.4. The van der Waals surface area contributed by atoms with E-state index in [0.29, 0.717) is 16.7 Å². The molecule has 0 aliphatic heterocycles. The zero-order valence-electron chi connectivity index (χ0n) is 17.2. The molecule has 2 N–H and O–H groups in total. The molecule has 0 spiro atoms. The molecule has 4 aliphatic carbocycles. The van der Waals surface area contributed by atoms with E-state index in [0.717, 1.165) is 36.5 Å². The highest BCUT2D eigenvalue weighted by Crippen LogP contribution is 2.67. The van der Waals surface area contributed by atoms with Gasteiger partial charge in [-0.1, -0.05) is 26.7 Å². The van der Waals surface area contributed by atoms with Crippen molar-refractivity contribution in [3.63, 3.8) is 0 Å². The summed E-state index contributed by atoms with van der Waals surface area (Å²) in [6.07, 6.45) is 16.1. The van der Waals surface area contributed by atoms with Gasteiger partial charge >= 0.3 is 7.82 Å². The maximum Gasteiger partial charge on any atom is 0.469 e. The van der Waals surface area contributed by atoms with Crippen LogP contribution < -0.4 is 0 Å². The third-order valence-electron chi connectivity index (χ3n) is 9.74. The molecule has 0 radical (unpaired) electrons. The molecule has 0 aromatic carbocycles. The van der Waals surface area contributed by atoms with Crippen molar-refractivity contribution in [1.29, 1.82) is 0 Å². The van der Waals surface area contributed by atoms with E-state index in [1.807, 2.05) is 0 Å². The highest BCUT2D eigenvalue weighted by atomic mass is 31.2. The fourth-order valence-corrected chi connectivity index (χ4v) is 8.76. The van der Waals surface area contributed by atoms with Crippen molar-refractivity contribution in [2.24, 2.45) is 40.4 Å². The molecular formula is C22H39O4P. The van der Waals surface area contributed by atoms with Gasteiger partial charge in [0.25, 0.3) is 0 Å². The van der Waals surface area contributed by atoms with Gasteiger partial charge in [-0.05, 0) is 105 Å². The van der Waals surface area contributed by atoms with E-state index >= 15 is 0 Å². The van der Waals surface area contributed by atoms with Crippen molar-refractivity contribution in [2.45, 2.75) is 90.9 Å². The van der Waals surface area contributed by atoms with E-state index in [2.05, 4.69) is 18.4 Å². The first-order chi connectivity index (χ1) is 12.7. The van der Waals surface area contributed by atoms with Crippen LogP contribution in [0.3, 0.4) is 0 Å². The molecule has 4 nitrogen and oxygen atoms in total. The Morgan fingerprint density at radius 1 is 0.926 bits per heavy atom. The van der Waals surface area contributed by atoms with Crippen LogP contribution in [0.15, 0.2) is 0 Å². The van der Waals surface area contributed by atoms with E-state index in [1.165, 1.54) is 64.2 Å². The van der Waals surface area contributed by atoms with Gasteiger partial charge in [0, 0.05) is 0 Å². The summed E-state index contributed by atoms with van der Waals surface area (Å²) in [6.45, 7) is 5.38. The molecule has 5 heteroatoms. The average molecular weight is 399 g/mol. The van der Waals surface area contributed by atoms with E-state index in [1.54, 1.807) is 0 Å². The van der Waals surface area contributed by atoms with Gasteiger partial charge in [0.1, 0.15) is 0 Å². The fourth-order valence-electron chi connectivity index (χ4n) is 8.39. The third kappa shape index (κ3) is 3.69. The van der Waals surface area contributed by atoms with E-state index in [9.17, 15) is 4.57 Å². The molecule has 7 unspecified atom stereocenters. The predicted octanol–water partition coefficient (Wildman–Crippen LogP) is 5.92. The van der Waals surface area contributed by atoms with Crippen LogP contribution >= 0.6 is 7.82 Å². The Hall–Kier alpha value is 0.110. The lowest BCUT2D eigenvalue weighted by Crippen LogP contribution is -2.52. The van der Waals surface area contributed by atoms with Gasteiger partial charge in [0.15, 0.2) is 0 Å². The van der Waals surface area contributed by atoms with Gasteiger partial charge in [-0.3, -0.25) is 4.52 Å². The lowest BCUT2D eigenvalue weighted by Gasteiger charge is -2.60. The number of fused-ring (bicyclic) bond motifs is 5. The van der Waals surface area contributed by atoms with Crippen LogP contribution in [0.1, 0.15) is 90.9 Å². The molecule has 0 amide bonds. The van der Waals surface area contributed by atoms with Crippen LogP contribution in [0, 0.1) is 40.4 Å². The van der Waals surface area contributed by atoms with Crippen molar-refractivity contribution >= 4 is 7.82 Å². The Labute approximate surface area is 165 Å². The van der Waals surface area contributed by atoms with Gasteiger partial charge in [0.2, 0.25) is 0 Å². The number of hydrogen-bond donors (Lipinski definition) is 2. The first-order valence-corrected chi connectivity index (χ1v) is 13.0. The molecule has 4 rings (SSSR count). The molecule has 4 aliphatic rings. The summed E-state index contributed by atoms with van der Waals surface area (Å²) in [6, 6.07) is 0. The third-order valence-corrected chi connectivity index (χ3v) is 10.3. The van der Waals surface area contributed by atoms with Crippen LogP contribution in [-0.2, 0) is 9.09 Å². The normalized spacial score (nSPS) is 47.2. The first-order valence-electron chi connectivity index (χ1n) is 11.4. The van der Waals surface area contributed by atoms with Crippen LogP contribution in [0.2, 0.25) is 0 Å². The smallest absolute Gasteiger partial charge is 0.303 e. The quantitative estimate of drug-likeness (QED) is 0.445. The Morgan fingerprint density at radius 2 is 1.70 bits per heavy atom. The lowest BCUT2D eigenvalue weighted by molar-refractivity contribution is -0.111. The molecule has 0 bridgehead atoms. The second kappa shape index (κ2) is 7.42. The topological polar surface area (TPSA) is 66.8 Å². The van der Waals surface area contributed by atoms with Crippen LogP contribution in [0.25, 0.3) is 0 Å². The van der Waals surface area contributed by atoms with Crippen molar-refractivity contribution in [1.82, 2.24) is 0 Å². The number of rotatable bonds is 5. The highest BCUT2D eigenvalue weighted by Gasteiger charge is 2.59. The zero-order chi connectivity index (χ0) is 19.3. The maximum atomic E-state index is 10.9. The highest BCUT2D eigenvalue weighted by molar-refractivity contribution is 7.46. The summed E-state index contributed by atoms with van der Waals surface area (Å²) in [5.74, 6) is 4.45. The molecule has 0 saturated heterocycles. The molecule has 4 saturated carbocycles. The monoisotopic (exact) mass is 398 g/mol. The SMILES string of the molecule is CC12CCCCC1CCC1C2CCC2(C)C(CCCOP(=O)(O)O)CCC12. The van der Waals surface area contributed by atoms with Crippen molar-refractivity contribution in [3.8, 4) is 0 Å². The summed E-state index contributed by atoms with van der Waals surface area (Å²) >= 11 is 0. The number of phosphoric ester groups is 1. The number of phosphoric acid groups is 1. The minimum atomic E-state index is -4.31. The molecule has 0 aromatic heterocycles. The summed E-state index contributed by atoms with van der Waals surface area (Å²) in [5, 5.41) is 0. The van der Waals surface area contributed by atoms with Gasteiger partial charge in [-0.2, -0.15) is 0 Å². The summed E-state index contributed by atoms with van der Waals surface area (Å²) in [5.41, 5.74) is 1.05. The minimum Gasteiger partial charge on any atom is -0.303 e. The molecule has 7 atom stereocenters. The summed E-state index contributed by atoms with van der Waals surface area (Å²) in [7, 11) is -4.31. The molecule has 0 heterocycles. The molecule has 4 fully saturated rings. The van der Waals surface area contributed by atoms with E-state index in [-0.39, 0.29) is 6.61 Å². The Bertz CT molecular complexity index is 589. The van der Waals surface area contributed by atoms with Gasteiger partial charge < -0.3 is 9.79 Å². The second-order valence-electron chi connectivity index (χ2n) is 10.7. The second-order valence-corrected chi connectivity index (χ2v) is 11.9. The predicted molar refractivity (Wildman–Crippen MR) is 107 cm³/mol. The molecule has 156 valence electrons. The summed E-state index contributed by atoms with van der Waals surface area (Å²) in [4.78, 5) is 17.8. The van der Waals surface area contributed by atoms with Gasteiger partial charge in [-0.15, -0.1) is 0 Å². The van der Waals surface area contributed by atoms with Crippen molar-refractivity contribution in [3.05, 3.63) is 0 Å². The Morgan fingerprint density at radius 3 is 2.48 bits per heavy atom. The largest absolute Gasteiger partial charge is 0.469 e. The van der Waals surface area contributed by atoms with E-state index < -0.39 is 7.82 Å². The minimum absolute atomic E-state index is 0.188. The average Bonchev–Trinajstić information content (AvgIpc) is 2.94. The van der Waals surface area contributed by atoms with Gasteiger partial charge in [-0.25, -0.2) is 4.57 Å². The van der Waals surface area contributed by atoms with Gasteiger partial charge in [0.05, 0.1) is 6.61 Å². The van der Waals surface area contributed by atoms with E-state index in [4.69, 9.17) is 9.79 Å². The van der Waals surface area contributed by atoms with Crippen LogP contribution in [-0.4, -0.2) is 16.4 Å². The molecular weight excluding hydrogens is 359 g/mol. The van der Waals surface area contributed by atoms with Crippen LogP contribution in [0.4, 0.5) is 0 Å². The zero-order valence-corrected chi connectivity index (χ0v) is 18.1. The van der Waals surface area contributed by atoms with Crippen LogP contribution in [0.5, 0.6) is 0 Å². The van der Waals surface area contributed by atoms with Crippen molar-refractivity contribution < 1.29 is 18.9 Å². The summed E-state index contributed by atoms with van der Waals surface area (Å²) < 4.78 is 15.6. The number of hydrogen-bond acceptors (Lipinski definition) is 2. The standard InChI is InChI=1S/C22H39O4P/c1-21-13-4-3-6-16(21)8-10-18-19-11-9-17(7-5-15-26-27(23,24)25)22(19,2)14-12-20(18)21/h16-20H,3-15H2,1-2H3,(H2,23,24,25). The fraction of sp³-hybridized carbons (Fsp3) is 1.00. The Balaban J connectivity index is 1.41.